The number of ketones is 1. The Bertz CT molecular complexity index is 494. The van der Waals surface area contributed by atoms with Gasteiger partial charge in [-0.25, -0.2) is 0 Å². The average molecular weight is 287 g/mol. The van der Waals surface area contributed by atoms with Crippen LogP contribution in [0.3, 0.4) is 0 Å². The van der Waals surface area contributed by atoms with Gasteiger partial charge in [-0.05, 0) is 44.4 Å². The van der Waals surface area contributed by atoms with Crippen LogP contribution in [0.25, 0.3) is 0 Å². The van der Waals surface area contributed by atoms with Gasteiger partial charge in [-0.3, -0.25) is 9.69 Å². The van der Waals surface area contributed by atoms with Crippen LogP contribution in [0.2, 0.25) is 0 Å². The molecule has 1 aromatic rings. The van der Waals surface area contributed by atoms with Crippen molar-refractivity contribution in [1.29, 1.82) is 0 Å². The first-order valence-corrected chi connectivity index (χ1v) is 8.20. The molecule has 0 N–H and O–H groups in total. The summed E-state index contributed by atoms with van der Waals surface area (Å²) < 4.78 is 5.23. The van der Waals surface area contributed by atoms with Crippen LogP contribution >= 0.6 is 0 Å². The maximum Gasteiger partial charge on any atom is 0.167 e. The van der Waals surface area contributed by atoms with Gasteiger partial charge in [0.05, 0.1) is 7.11 Å². The lowest BCUT2D eigenvalue weighted by Gasteiger charge is -2.36. The molecule has 3 heteroatoms. The van der Waals surface area contributed by atoms with E-state index in [0.29, 0.717) is 0 Å². The van der Waals surface area contributed by atoms with Crippen molar-refractivity contribution in [1.82, 2.24) is 4.90 Å². The van der Waals surface area contributed by atoms with Gasteiger partial charge in [0.1, 0.15) is 5.75 Å². The molecule has 1 saturated heterocycles. The highest BCUT2D eigenvalue weighted by atomic mass is 16.5. The summed E-state index contributed by atoms with van der Waals surface area (Å²) >= 11 is 0. The number of ether oxygens (including phenoxy) is 1. The molecule has 1 aliphatic heterocycles. The fourth-order valence-electron chi connectivity index (χ4n) is 3.83. The van der Waals surface area contributed by atoms with Crippen LogP contribution in [-0.4, -0.2) is 36.9 Å². The highest BCUT2D eigenvalue weighted by molar-refractivity contribution is 5.98. The summed E-state index contributed by atoms with van der Waals surface area (Å²) in [5, 5.41) is 0. The predicted molar refractivity (Wildman–Crippen MR) is 83.9 cm³/mol. The van der Waals surface area contributed by atoms with E-state index in [9.17, 15) is 4.79 Å². The number of nitrogens with zero attached hydrogens (tertiary/aromatic N) is 1. The summed E-state index contributed by atoms with van der Waals surface area (Å²) in [6.07, 6.45) is 7.53. The third-order valence-corrected chi connectivity index (χ3v) is 5.02. The van der Waals surface area contributed by atoms with Crippen molar-refractivity contribution in [2.24, 2.45) is 5.92 Å². The molecule has 0 spiro atoms. The van der Waals surface area contributed by atoms with E-state index < -0.39 is 0 Å². The summed E-state index contributed by atoms with van der Waals surface area (Å²) in [6.45, 7) is 2.12. The number of methoxy groups -OCH3 is 1. The van der Waals surface area contributed by atoms with Crippen molar-refractivity contribution in [3.8, 4) is 5.75 Å². The molecule has 1 saturated carbocycles. The largest absolute Gasteiger partial charge is 0.497 e. The second kappa shape index (κ2) is 6.61. The Labute approximate surface area is 127 Å². The van der Waals surface area contributed by atoms with Crippen molar-refractivity contribution in [3.63, 3.8) is 0 Å². The second-order valence-electron chi connectivity index (χ2n) is 6.37. The zero-order valence-electron chi connectivity index (χ0n) is 12.9. The third-order valence-electron chi connectivity index (χ3n) is 5.02. The molecule has 2 aliphatic rings. The smallest absolute Gasteiger partial charge is 0.167 e. The number of hydrogen-bond acceptors (Lipinski definition) is 3. The molecule has 3 rings (SSSR count). The van der Waals surface area contributed by atoms with Crippen molar-refractivity contribution >= 4 is 5.78 Å². The number of benzene rings is 1. The minimum absolute atomic E-state index is 0.159. The Kier molecular flexibility index (Phi) is 4.59. The van der Waals surface area contributed by atoms with E-state index in [1.54, 1.807) is 7.11 Å². The van der Waals surface area contributed by atoms with E-state index in [2.05, 4.69) is 4.90 Å². The number of carbonyl (C=O) groups is 1. The van der Waals surface area contributed by atoms with Crippen LogP contribution in [-0.2, 0) is 0 Å². The molecule has 3 nitrogen and oxygen atoms in total. The highest BCUT2D eigenvalue weighted by Crippen LogP contribution is 2.29. The lowest BCUT2D eigenvalue weighted by molar-refractivity contribution is 0.0757. The van der Waals surface area contributed by atoms with E-state index in [0.717, 1.165) is 36.7 Å². The molecule has 0 radical (unpaired) electrons. The lowest BCUT2D eigenvalue weighted by Crippen LogP contribution is -2.43. The molecule has 1 aliphatic carbocycles. The zero-order chi connectivity index (χ0) is 14.7. The monoisotopic (exact) mass is 287 g/mol. The molecule has 0 unspecified atom stereocenters. The van der Waals surface area contributed by atoms with E-state index in [1.807, 2.05) is 24.3 Å². The first-order valence-electron chi connectivity index (χ1n) is 8.20. The Morgan fingerprint density at radius 1 is 1.19 bits per heavy atom. The normalized spacial score (nSPS) is 24.1. The van der Waals surface area contributed by atoms with Crippen molar-refractivity contribution in [2.45, 2.75) is 44.6 Å². The average Bonchev–Trinajstić information content (AvgIpc) is 3.09. The van der Waals surface area contributed by atoms with Gasteiger partial charge in [-0.2, -0.15) is 0 Å². The fraction of sp³-hybridized carbons (Fsp3) is 0.611. The quantitative estimate of drug-likeness (QED) is 0.793. The van der Waals surface area contributed by atoms with Crippen molar-refractivity contribution < 1.29 is 9.53 Å². The Hall–Kier alpha value is -1.35. The van der Waals surface area contributed by atoms with Crippen LogP contribution in [0.5, 0.6) is 5.75 Å². The van der Waals surface area contributed by atoms with E-state index in [4.69, 9.17) is 4.74 Å². The molecule has 21 heavy (non-hydrogen) atoms. The highest BCUT2D eigenvalue weighted by Gasteiger charge is 2.31. The molecular formula is C18H25NO2. The molecule has 2 fully saturated rings. The van der Waals surface area contributed by atoms with Gasteiger partial charge in [0.15, 0.2) is 5.78 Å². The summed E-state index contributed by atoms with van der Waals surface area (Å²) in [7, 11) is 1.64. The minimum atomic E-state index is 0.159. The van der Waals surface area contributed by atoms with Gasteiger partial charge < -0.3 is 4.74 Å². The SMILES string of the molecule is COc1cccc(C(=O)[C@H]2CCCN(C3CCCC3)C2)c1. The molecule has 1 atom stereocenters. The molecule has 0 aromatic heterocycles. The topological polar surface area (TPSA) is 29.5 Å². The number of likely N-dealkylation sites (tertiary alicyclic amines) is 1. The van der Waals surface area contributed by atoms with Crippen molar-refractivity contribution in [3.05, 3.63) is 29.8 Å². The maximum atomic E-state index is 12.7. The number of hydrogen-bond donors (Lipinski definition) is 0. The summed E-state index contributed by atoms with van der Waals surface area (Å²) in [4.78, 5) is 15.3. The summed E-state index contributed by atoms with van der Waals surface area (Å²) in [5.74, 6) is 1.22. The van der Waals surface area contributed by atoms with Gasteiger partial charge in [0, 0.05) is 24.1 Å². The second-order valence-corrected chi connectivity index (χ2v) is 6.37. The molecule has 1 aromatic carbocycles. The summed E-state index contributed by atoms with van der Waals surface area (Å²) in [6, 6.07) is 8.31. The van der Waals surface area contributed by atoms with Gasteiger partial charge in [0.2, 0.25) is 0 Å². The maximum absolute atomic E-state index is 12.7. The molecule has 1 heterocycles. The van der Waals surface area contributed by atoms with Crippen LogP contribution in [0, 0.1) is 5.92 Å². The first-order chi connectivity index (χ1) is 10.3. The molecule has 0 bridgehead atoms. The number of rotatable bonds is 4. The minimum Gasteiger partial charge on any atom is -0.497 e. The summed E-state index contributed by atoms with van der Waals surface area (Å²) in [5.41, 5.74) is 0.799. The first kappa shape index (κ1) is 14.6. The van der Waals surface area contributed by atoms with Crippen LogP contribution in [0.1, 0.15) is 48.9 Å². The van der Waals surface area contributed by atoms with Gasteiger partial charge in [0.25, 0.3) is 0 Å². The predicted octanol–water partition coefficient (Wildman–Crippen LogP) is 3.53. The van der Waals surface area contributed by atoms with Crippen LogP contribution < -0.4 is 4.74 Å². The zero-order valence-corrected chi connectivity index (χ0v) is 12.9. The van der Waals surface area contributed by atoms with E-state index >= 15 is 0 Å². The fourth-order valence-corrected chi connectivity index (χ4v) is 3.83. The Balaban J connectivity index is 1.68. The third kappa shape index (κ3) is 3.29. The lowest BCUT2D eigenvalue weighted by atomic mass is 9.89. The molecular weight excluding hydrogens is 262 g/mol. The number of carbonyl (C=O) groups excluding carboxylic acids is 1. The molecule has 114 valence electrons. The number of Topliss-reactive ketones (excluding diaryl/α,β-unsaturated/α-hetero) is 1. The van der Waals surface area contributed by atoms with Gasteiger partial charge >= 0.3 is 0 Å². The van der Waals surface area contributed by atoms with E-state index in [-0.39, 0.29) is 11.7 Å². The van der Waals surface area contributed by atoms with Crippen LogP contribution in [0.15, 0.2) is 24.3 Å². The standard InChI is InChI=1S/C18H25NO2/c1-21-17-10-4-6-14(12-17)18(20)15-7-5-11-19(13-15)16-8-2-3-9-16/h4,6,10,12,15-16H,2-3,5,7-9,11,13H2,1H3/t15-/m0/s1. The Morgan fingerprint density at radius 3 is 2.76 bits per heavy atom. The number of piperidine rings is 1. The van der Waals surface area contributed by atoms with E-state index in [1.165, 1.54) is 32.2 Å². The van der Waals surface area contributed by atoms with Gasteiger partial charge in [-0.15, -0.1) is 0 Å². The van der Waals surface area contributed by atoms with Gasteiger partial charge in [-0.1, -0.05) is 25.0 Å². The molecule has 0 amide bonds. The Morgan fingerprint density at radius 2 is 2.00 bits per heavy atom. The van der Waals surface area contributed by atoms with Crippen LogP contribution in [0.4, 0.5) is 0 Å². The van der Waals surface area contributed by atoms with Crippen molar-refractivity contribution in [2.75, 3.05) is 20.2 Å².